The Balaban J connectivity index is 2.67. The lowest BCUT2D eigenvalue weighted by molar-refractivity contribution is 0.0788. The number of nitrogens with two attached hydrogens (primary N) is 1. The van der Waals surface area contributed by atoms with E-state index in [9.17, 15) is 9.18 Å². The highest BCUT2D eigenvalue weighted by Gasteiger charge is 2.17. The molecule has 4 heteroatoms. The molecule has 0 spiro atoms. The lowest BCUT2D eigenvalue weighted by atomic mass is 9.99. The summed E-state index contributed by atoms with van der Waals surface area (Å²) in [5.41, 5.74) is 5.91. The minimum absolute atomic E-state index is 0.164. The van der Waals surface area contributed by atoms with Crippen LogP contribution in [-0.4, -0.2) is 12.2 Å². The number of carbonyl (C=O) groups is 1. The number of rotatable bonds is 4. The number of halogens is 1. The normalized spacial score (nSPS) is 12.5. The first-order chi connectivity index (χ1) is 7.49. The van der Waals surface area contributed by atoms with Gasteiger partial charge in [0.2, 0.25) is 0 Å². The highest BCUT2D eigenvalue weighted by molar-refractivity contribution is 5.64. The Labute approximate surface area is 94.4 Å². The number of primary amides is 1. The standard InChI is InChI=1S/C12H16FNO2/c1-8(2)11(16-12(14)15)7-9-3-5-10(13)6-4-9/h3-6,8,11H,7H2,1-2H3,(H2,14,15)/t11-/m0/s1. The monoisotopic (exact) mass is 225 g/mol. The molecule has 1 rings (SSSR count). The van der Waals surface area contributed by atoms with Crippen LogP contribution in [0.4, 0.5) is 9.18 Å². The number of amides is 1. The van der Waals surface area contributed by atoms with Crippen molar-refractivity contribution in [1.29, 1.82) is 0 Å². The van der Waals surface area contributed by atoms with Crippen LogP contribution in [0.1, 0.15) is 19.4 Å². The Morgan fingerprint density at radius 3 is 2.38 bits per heavy atom. The van der Waals surface area contributed by atoms with Gasteiger partial charge in [-0.3, -0.25) is 0 Å². The third-order valence-electron chi connectivity index (χ3n) is 2.36. The molecule has 1 aromatic carbocycles. The molecule has 16 heavy (non-hydrogen) atoms. The van der Waals surface area contributed by atoms with E-state index in [2.05, 4.69) is 0 Å². The first kappa shape index (κ1) is 12.5. The van der Waals surface area contributed by atoms with Crippen LogP contribution in [0.25, 0.3) is 0 Å². The van der Waals surface area contributed by atoms with Gasteiger partial charge in [-0.05, 0) is 23.6 Å². The summed E-state index contributed by atoms with van der Waals surface area (Å²) < 4.78 is 17.7. The van der Waals surface area contributed by atoms with E-state index in [0.29, 0.717) is 6.42 Å². The highest BCUT2D eigenvalue weighted by atomic mass is 19.1. The van der Waals surface area contributed by atoms with E-state index in [4.69, 9.17) is 10.5 Å². The number of carbonyl (C=O) groups excluding carboxylic acids is 1. The van der Waals surface area contributed by atoms with Crippen LogP contribution < -0.4 is 5.73 Å². The maximum atomic E-state index is 12.7. The fourth-order valence-corrected chi connectivity index (χ4v) is 1.42. The molecule has 2 N–H and O–H groups in total. The van der Waals surface area contributed by atoms with Crippen molar-refractivity contribution in [2.45, 2.75) is 26.4 Å². The molecule has 0 saturated carbocycles. The van der Waals surface area contributed by atoms with Gasteiger partial charge in [-0.1, -0.05) is 26.0 Å². The molecule has 0 bridgehead atoms. The van der Waals surface area contributed by atoms with Crippen molar-refractivity contribution in [3.05, 3.63) is 35.6 Å². The second-order valence-electron chi connectivity index (χ2n) is 4.05. The van der Waals surface area contributed by atoms with Crippen LogP contribution in [0.5, 0.6) is 0 Å². The molecular weight excluding hydrogens is 209 g/mol. The van der Waals surface area contributed by atoms with Gasteiger partial charge in [-0.2, -0.15) is 0 Å². The lowest BCUT2D eigenvalue weighted by Crippen LogP contribution is -2.28. The Morgan fingerprint density at radius 2 is 1.94 bits per heavy atom. The Morgan fingerprint density at radius 1 is 1.38 bits per heavy atom. The molecule has 0 saturated heterocycles. The average Bonchev–Trinajstić information content (AvgIpc) is 2.19. The maximum absolute atomic E-state index is 12.7. The van der Waals surface area contributed by atoms with E-state index in [-0.39, 0.29) is 17.8 Å². The number of hydrogen-bond donors (Lipinski definition) is 1. The third kappa shape index (κ3) is 3.88. The summed E-state index contributed by atoms with van der Waals surface area (Å²) in [6.07, 6.45) is -0.510. The third-order valence-corrected chi connectivity index (χ3v) is 2.36. The van der Waals surface area contributed by atoms with Gasteiger partial charge >= 0.3 is 6.09 Å². The van der Waals surface area contributed by atoms with E-state index in [1.807, 2.05) is 13.8 Å². The van der Waals surface area contributed by atoms with Gasteiger partial charge in [0.15, 0.2) is 0 Å². The van der Waals surface area contributed by atoms with E-state index in [1.54, 1.807) is 12.1 Å². The fourth-order valence-electron chi connectivity index (χ4n) is 1.42. The molecular formula is C12H16FNO2. The molecule has 1 atom stereocenters. The summed E-state index contributed by atoms with van der Waals surface area (Å²) in [5.74, 6) is -0.113. The molecule has 3 nitrogen and oxygen atoms in total. The summed E-state index contributed by atoms with van der Waals surface area (Å²) in [5, 5.41) is 0. The summed E-state index contributed by atoms with van der Waals surface area (Å²) in [4.78, 5) is 10.7. The summed E-state index contributed by atoms with van der Waals surface area (Å²) in [6.45, 7) is 3.88. The molecule has 0 heterocycles. The predicted molar refractivity (Wildman–Crippen MR) is 59.4 cm³/mol. The summed E-state index contributed by atoms with van der Waals surface area (Å²) in [7, 11) is 0. The van der Waals surface area contributed by atoms with Crippen molar-refractivity contribution in [2.24, 2.45) is 11.7 Å². The topological polar surface area (TPSA) is 52.3 Å². The number of benzene rings is 1. The molecule has 0 unspecified atom stereocenters. The van der Waals surface area contributed by atoms with E-state index in [1.165, 1.54) is 12.1 Å². The van der Waals surface area contributed by atoms with Crippen molar-refractivity contribution in [3.63, 3.8) is 0 Å². The highest BCUT2D eigenvalue weighted by Crippen LogP contribution is 2.14. The zero-order valence-corrected chi connectivity index (χ0v) is 9.44. The number of hydrogen-bond acceptors (Lipinski definition) is 2. The Bertz CT molecular complexity index is 349. The summed E-state index contributed by atoms with van der Waals surface area (Å²) >= 11 is 0. The predicted octanol–water partition coefficient (Wildman–Crippen LogP) is 2.49. The molecule has 1 amide bonds. The van der Waals surface area contributed by atoms with Gasteiger partial charge in [-0.25, -0.2) is 9.18 Å². The van der Waals surface area contributed by atoms with Crippen LogP contribution in [0, 0.1) is 11.7 Å². The largest absolute Gasteiger partial charge is 0.446 e. The van der Waals surface area contributed by atoms with Crippen molar-refractivity contribution in [3.8, 4) is 0 Å². The van der Waals surface area contributed by atoms with Crippen LogP contribution >= 0.6 is 0 Å². The van der Waals surface area contributed by atoms with Gasteiger partial charge in [0, 0.05) is 6.42 Å². The fraction of sp³-hybridized carbons (Fsp3) is 0.417. The van der Waals surface area contributed by atoms with Gasteiger partial charge < -0.3 is 10.5 Å². The molecule has 0 aliphatic carbocycles. The first-order valence-corrected chi connectivity index (χ1v) is 5.19. The van der Waals surface area contributed by atoms with Gasteiger partial charge in [0.25, 0.3) is 0 Å². The lowest BCUT2D eigenvalue weighted by Gasteiger charge is -2.20. The van der Waals surface area contributed by atoms with E-state index >= 15 is 0 Å². The minimum Gasteiger partial charge on any atom is -0.446 e. The molecule has 0 aromatic heterocycles. The van der Waals surface area contributed by atoms with Crippen molar-refractivity contribution in [2.75, 3.05) is 0 Å². The van der Waals surface area contributed by atoms with Gasteiger partial charge in [0.1, 0.15) is 11.9 Å². The summed E-state index contributed by atoms with van der Waals surface area (Å²) in [6, 6.07) is 6.12. The van der Waals surface area contributed by atoms with Crippen molar-refractivity contribution >= 4 is 6.09 Å². The van der Waals surface area contributed by atoms with Crippen molar-refractivity contribution < 1.29 is 13.9 Å². The smallest absolute Gasteiger partial charge is 0.404 e. The molecule has 0 fully saturated rings. The minimum atomic E-state index is -0.777. The first-order valence-electron chi connectivity index (χ1n) is 5.19. The second-order valence-corrected chi connectivity index (χ2v) is 4.05. The molecule has 0 aliphatic heterocycles. The maximum Gasteiger partial charge on any atom is 0.404 e. The molecule has 1 aromatic rings. The molecule has 88 valence electrons. The average molecular weight is 225 g/mol. The van der Waals surface area contributed by atoms with Gasteiger partial charge in [-0.15, -0.1) is 0 Å². The second kappa shape index (κ2) is 5.49. The molecule has 0 aliphatic rings. The van der Waals surface area contributed by atoms with E-state index < -0.39 is 6.09 Å². The Hall–Kier alpha value is -1.58. The zero-order chi connectivity index (χ0) is 12.1. The van der Waals surface area contributed by atoms with Crippen LogP contribution in [0.2, 0.25) is 0 Å². The van der Waals surface area contributed by atoms with Gasteiger partial charge in [0.05, 0.1) is 0 Å². The van der Waals surface area contributed by atoms with Crippen LogP contribution in [-0.2, 0) is 11.2 Å². The SMILES string of the molecule is CC(C)[C@H](Cc1ccc(F)cc1)OC(N)=O. The molecule has 0 radical (unpaired) electrons. The number of ether oxygens (including phenoxy) is 1. The zero-order valence-electron chi connectivity index (χ0n) is 9.44. The quantitative estimate of drug-likeness (QED) is 0.855. The van der Waals surface area contributed by atoms with E-state index in [0.717, 1.165) is 5.56 Å². The van der Waals surface area contributed by atoms with Crippen molar-refractivity contribution in [1.82, 2.24) is 0 Å². The Kier molecular flexibility index (Phi) is 4.28. The van der Waals surface area contributed by atoms with Crippen LogP contribution in [0.3, 0.4) is 0 Å². The van der Waals surface area contributed by atoms with Crippen LogP contribution in [0.15, 0.2) is 24.3 Å².